The van der Waals surface area contributed by atoms with E-state index in [1.165, 1.54) is 111 Å². The molecule has 0 saturated heterocycles. The molecule has 2 aromatic heterocycles. The molecule has 0 aliphatic heterocycles. The Morgan fingerprint density at radius 3 is 1.62 bits per heavy atom. The van der Waals surface area contributed by atoms with Gasteiger partial charge in [0.15, 0.2) is 0 Å². The van der Waals surface area contributed by atoms with E-state index in [1.54, 1.807) is 0 Å². The van der Waals surface area contributed by atoms with Crippen molar-refractivity contribution in [3.05, 3.63) is 191 Å². The molecule has 0 radical (unpaired) electrons. The van der Waals surface area contributed by atoms with E-state index in [1.807, 2.05) is 0 Å². The molecule has 58 heavy (non-hydrogen) atoms. The molecular formula is C56H48N2. The molecule has 2 aliphatic rings. The third kappa shape index (κ3) is 4.91. The molecule has 0 N–H and O–H groups in total. The molecule has 11 rings (SSSR count). The van der Waals surface area contributed by atoms with Gasteiger partial charge in [-0.3, -0.25) is 0 Å². The fourth-order valence-corrected chi connectivity index (χ4v) is 10.5. The van der Waals surface area contributed by atoms with Crippen molar-refractivity contribution in [3.63, 3.8) is 0 Å². The van der Waals surface area contributed by atoms with Gasteiger partial charge >= 0.3 is 0 Å². The van der Waals surface area contributed by atoms with Crippen molar-refractivity contribution in [3.8, 4) is 33.6 Å². The summed E-state index contributed by atoms with van der Waals surface area (Å²) in [5.74, 6) is 0. The predicted molar refractivity (Wildman–Crippen MR) is 247 cm³/mol. The van der Waals surface area contributed by atoms with Crippen molar-refractivity contribution < 1.29 is 0 Å². The second-order valence-corrected chi connectivity index (χ2v) is 17.8. The van der Waals surface area contributed by atoms with Gasteiger partial charge in [0.25, 0.3) is 0 Å². The van der Waals surface area contributed by atoms with Crippen molar-refractivity contribution in [2.45, 2.75) is 65.2 Å². The fraction of sp³-hybridized carbons (Fsp3) is 0.179. The molecule has 2 heterocycles. The highest BCUT2D eigenvalue weighted by Gasteiger charge is 2.46. The van der Waals surface area contributed by atoms with Crippen LogP contribution in [0.4, 0.5) is 0 Å². The van der Waals surface area contributed by atoms with Crippen molar-refractivity contribution >= 4 is 44.4 Å². The van der Waals surface area contributed by atoms with Gasteiger partial charge in [0.1, 0.15) is 0 Å². The summed E-state index contributed by atoms with van der Waals surface area (Å²) in [7, 11) is 0. The summed E-state index contributed by atoms with van der Waals surface area (Å²) < 4.78 is 5.03. The monoisotopic (exact) mass is 748 g/mol. The van der Waals surface area contributed by atoms with Gasteiger partial charge < -0.3 is 9.13 Å². The highest BCUT2D eigenvalue weighted by Crippen LogP contribution is 2.55. The van der Waals surface area contributed by atoms with Gasteiger partial charge in [-0.05, 0) is 147 Å². The lowest BCUT2D eigenvalue weighted by atomic mass is 9.55. The summed E-state index contributed by atoms with van der Waals surface area (Å²) in [6.07, 6.45) is 4.57. The molecule has 0 atom stereocenters. The third-order valence-corrected chi connectivity index (χ3v) is 14.3. The Morgan fingerprint density at radius 1 is 0.431 bits per heavy atom. The lowest BCUT2D eigenvalue weighted by Gasteiger charge is -2.48. The van der Waals surface area contributed by atoms with Crippen LogP contribution in [0.25, 0.3) is 78.0 Å². The summed E-state index contributed by atoms with van der Waals surface area (Å²) >= 11 is 0. The van der Waals surface area contributed by atoms with Crippen LogP contribution in [0.15, 0.2) is 152 Å². The van der Waals surface area contributed by atoms with Crippen LogP contribution in [-0.4, -0.2) is 9.13 Å². The second-order valence-electron chi connectivity index (χ2n) is 17.8. The topological polar surface area (TPSA) is 9.86 Å². The van der Waals surface area contributed by atoms with E-state index in [0.29, 0.717) is 0 Å². The number of hydrogen-bond acceptors (Lipinski definition) is 0. The van der Waals surface area contributed by atoms with E-state index in [9.17, 15) is 0 Å². The second kappa shape index (κ2) is 12.6. The van der Waals surface area contributed by atoms with Gasteiger partial charge in [-0.15, -0.1) is 0 Å². The van der Waals surface area contributed by atoms with Gasteiger partial charge in [-0.1, -0.05) is 137 Å². The van der Waals surface area contributed by atoms with Crippen molar-refractivity contribution in [1.29, 1.82) is 0 Å². The average molecular weight is 749 g/mol. The first-order chi connectivity index (χ1) is 28.1. The zero-order valence-electron chi connectivity index (χ0n) is 34.3. The van der Waals surface area contributed by atoms with E-state index in [4.69, 9.17) is 0 Å². The molecule has 282 valence electrons. The Labute approximate surface area is 341 Å². The van der Waals surface area contributed by atoms with Crippen LogP contribution in [0.5, 0.6) is 0 Å². The molecule has 7 aromatic carbocycles. The number of fused-ring (bicyclic) bond motifs is 9. The van der Waals surface area contributed by atoms with Crippen molar-refractivity contribution in [1.82, 2.24) is 9.13 Å². The van der Waals surface area contributed by atoms with Gasteiger partial charge in [-0.2, -0.15) is 0 Å². The van der Waals surface area contributed by atoms with Crippen LogP contribution in [0.3, 0.4) is 0 Å². The lowest BCUT2D eigenvalue weighted by Crippen LogP contribution is -2.43. The van der Waals surface area contributed by atoms with Crippen LogP contribution in [-0.2, 0) is 17.3 Å². The fourth-order valence-electron chi connectivity index (χ4n) is 10.5. The van der Waals surface area contributed by atoms with E-state index in [-0.39, 0.29) is 10.8 Å². The first-order valence-electron chi connectivity index (χ1n) is 20.9. The normalized spacial score (nSPS) is 15.3. The zero-order chi connectivity index (χ0) is 39.5. The first-order valence-corrected chi connectivity index (χ1v) is 20.9. The Balaban J connectivity index is 1.09. The molecule has 2 nitrogen and oxygen atoms in total. The molecular weight excluding hydrogens is 701 g/mol. The van der Waals surface area contributed by atoms with Gasteiger partial charge in [0, 0.05) is 27.5 Å². The maximum absolute atomic E-state index is 2.54. The van der Waals surface area contributed by atoms with Crippen LogP contribution < -0.4 is 0 Å². The Morgan fingerprint density at radius 2 is 0.966 bits per heavy atom. The van der Waals surface area contributed by atoms with E-state index in [2.05, 4.69) is 208 Å². The first kappa shape index (κ1) is 34.8. The molecule has 2 heteroatoms. The van der Waals surface area contributed by atoms with Crippen molar-refractivity contribution in [2.24, 2.45) is 0 Å². The molecule has 0 fully saturated rings. The summed E-state index contributed by atoms with van der Waals surface area (Å²) in [5.41, 5.74) is 22.1. The number of aromatic nitrogens is 2. The highest BCUT2D eigenvalue weighted by atomic mass is 15.0. The molecule has 9 aromatic rings. The minimum absolute atomic E-state index is 0.159. The van der Waals surface area contributed by atoms with Crippen LogP contribution in [0.2, 0.25) is 0 Å². The van der Waals surface area contributed by atoms with Crippen molar-refractivity contribution in [2.75, 3.05) is 0 Å². The van der Waals surface area contributed by atoms with E-state index < -0.39 is 0 Å². The van der Waals surface area contributed by atoms with Gasteiger partial charge in [0.05, 0.1) is 22.2 Å². The molecule has 2 aliphatic carbocycles. The molecule has 0 saturated carbocycles. The summed E-state index contributed by atoms with van der Waals surface area (Å²) in [4.78, 5) is 0. The Kier molecular flexibility index (Phi) is 7.54. The quantitative estimate of drug-likeness (QED) is 0.170. The standard InChI is InChI=1S/C56H48N2/c1-35-15-7-9-17-41(35)37-23-27-47-45-19-11-13-21-51(45)57(53(47)31-37)39-25-29-43-44-30-26-40(34-50(44)56(5,6)55(3,4)49(43)33-39)58-52-22-14-12-20-46(52)48-28-24-38(32-54(48)58)42-18-10-8-16-36(42)2/h7-23,25-27,29-34H,24,28H2,1-6H3. The minimum atomic E-state index is -0.162. The van der Waals surface area contributed by atoms with Gasteiger partial charge in [0.2, 0.25) is 0 Å². The molecule has 0 unspecified atom stereocenters. The molecule has 0 bridgehead atoms. The Bertz CT molecular complexity index is 3190. The maximum atomic E-state index is 2.54. The van der Waals surface area contributed by atoms with Gasteiger partial charge in [-0.25, -0.2) is 0 Å². The smallest absolute Gasteiger partial charge is 0.0547 e. The van der Waals surface area contributed by atoms with E-state index in [0.717, 1.165) is 12.8 Å². The third-order valence-electron chi connectivity index (χ3n) is 14.3. The number of rotatable bonds is 4. The highest BCUT2D eigenvalue weighted by molar-refractivity contribution is 6.10. The summed E-state index contributed by atoms with van der Waals surface area (Å²) in [6, 6.07) is 57.0. The number of para-hydroxylation sites is 2. The SMILES string of the molecule is Cc1ccccc1C1=Cc2c(c3ccccc3n2-c2ccc3c(c2)C(C)(C)C(C)(C)c2cc(-n4c5ccccc5c5ccc(-c6ccccc6C)cc54)ccc2-3)CC1. The van der Waals surface area contributed by atoms with Crippen LogP contribution >= 0.6 is 0 Å². The van der Waals surface area contributed by atoms with Crippen LogP contribution in [0.1, 0.15) is 73.2 Å². The summed E-state index contributed by atoms with van der Waals surface area (Å²) in [6.45, 7) is 14.3. The maximum Gasteiger partial charge on any atom is 0.0547 e. The molecule has 0 spiro atoms. The number of aryl methyl sites for hydroxylation is 3. The van der Waals surface area contributed by atoms with Crippen LogP contribution in [0, 0.1) is 13.8 Å². The zero-order valence-corrected chi connectivity index (χ0v) is 34.3. The summed E-state index contributed by atoms with van der Waals surface area (Å²) in [5, 5.41) is 3.93. The average Bonchev–Trinajstić information content (AvgIpc) is 3.75. The largest absolute Gasteiger partial charge is 0.310 e. The number of allylic oxidation sites excluding steroid dienone is 1. The number of benzene rings is 7. The molecule has 0 amide bonds. The number of hydrogen-bond donors (Lipinski definition) is 0. The number of nitrogens with zero attached hydrogens (tertiary/aromatic N) is 2. The Hall–Kier alpha value is -6.38. The van der Waals surface area contributed by atoms with E-state index >= 15 is 0 Å². The predicted octanol–water partition coefficient (Wildman–Crippen LogP) is 14.7. The minimum Gasteiger partial charge on any atom is -0.310 e. The lowest BCUT2D eigenvalue weighted by molar-refractivity contribution is 0.299.